The predicted octanol–water partition coefficient (Wildman–Crippen LogP) is 3.61. The van der Waals surface area contributed by atoms with Crippen molar-refractivity contribution >= 4 is 27.7 Å². The molecule has 0 spiro atoms. The maximum absolute atomic E-state index is 12.1. The summed E-state index contributed by atoms with van der Waals surface area (Å²) in [6.45, 7) is 0. The molecule has 2 rings (SSSR count). The van der Waals surface area contributed by atoms with E-state index >= 15 is 0 Å². The Balaban J connectivity index is 2.26. The van der Waals surface area contributed by atoms with Gasteiger partial charge in [-0.3, -0.25) is 0 Å². The molecule has 1 unspecified atom stereocenters. The van der Waals surface area contributed by atoms with Gasteiger partial charge in [-0.25, -0.2) is 8.42 Å². The fourth-order valence-electron chi connectivity index (χ4n) is 1.80. The minimum Gasteiger partial charge on any atom is -0.302 e. The monoisotopic (exact) mass is 320 g/mol. The summed E-state index contributed by atoms with van der Waals surface area (Å²) in [4.78, 5) is 11.4. The molecule has 0 heterocycles. The van der Waals surface area contributed by atoms with Gasteiger partial charge in [-0.2, -0.15) is 0 Å². The molecule has 0 N–H and O–H groups in total. The topological polar surface area (TPSA) is 51.2 Å². The molecule has 0 radical (unpaired) electrons. The van der Waals surface area contributed by atoms with Crippen LogP contribution in [0, 0.1) is 0 Å². The lowest BCUT2D eigenvalue weighted by Gasteiger charge is -2.05. The maximum atomic E-state index is 12.1. The third-order valence-electron chi connectivity index (χ3n) is 2.94. The van der Waals surface area contributed by atoms with Crippen LogP contribution in [0.2, 0.25) is 5.02 Å². The number of hydrogen-bond acceptors (Lipinski definition) is 3. The van der Waals surface area contributed by atoms with Gasteiger partial charge in [0.25, 0.3) is 0 Å². The number of carbonyl (C=O) groups is 1. The first-order valence-corrected chi connectivity index (χ1v) is 8.14. The molecule has 0 aliphatic carbocycles. The van der Waals surface area contributed by atoms with Crippen LogP contribution < -0.4 is 0 Å². The molecule has 5 heteroatoms. The first kappa shape index (κ1) is 15.5. The van der Waals surface area contributed by atoms with Crippen LogP contribution in [0.3, 0.4) is 0 Å². The summed E-state index contributed by atoms with van der Waals surface area (Å²) < 4.78 is 24.2. The normalized spacial score (nSPS) is 13.2. The van der Waals surface area contributed by atoms with Crippen LogP contribution >= 0.6 is 11.6 Å². The molecular weight excluding hydrogens is 308 g/mol. The van der Waals surface area contributed by atoms with Crippen molar-refractivity contribution in [1.82, 2.24) is 0 Å². The van der Waals surface area contributed by atoms with E-state index in [2.05, 4.69) is 0 Å². The average molecular weight is 321 g/mol. The number of rotatable bonds is 5. The van der Waals surface area contributed by atoms with Crippen LogP contribution in [0.25, 0.3) is 0 Å². The van der Waals surface area contributed by atoms with Crippen LogP contribution in [0.5, 0.6) is 0 Å². The minimum atomic E-state index is -3.55. The molecule has 0 aliphatic heterocycles. The number of hydrogen-bond donors (Lipinski definition) is 0. The summed E-state index contributed by atoms with van der Waals surface area (Å²) in [5.74, 6) is -0.624. The van der Waals surface area contributed by atoms with E-state index in [0.717, 1.165) is 5.41 Å². The molecule has 0 bridgehead atoms. The molecular formula is C16H13ClO3S. The van der Waals surface area contributed by atoms with E-state index < -0.39 is 15.8 Å². The standard InChI is InChI=1S/C16H13ClO3S/c17-15-8-6-13(7-9-15)14(12-18)10-11-21(19,20)16-4-2-1-3-5-16/h1-12,14H/b11-10+. The Morgan fingerprint density at radius 2 is 1.57 bits per heavy atom. The second-order valence-corrected chi connectivity index (χ2v) is 6.67. The fraction of sp³-hybridized carbons (Fsp3) is 0.0625. The fourth-order valence-corrected chi connectivity index (χ4v) is 2.99. The zero-order chi connectivity index (χ0) is 15.3. The first-order chi connectivity index (χ1) is 10.0. The van der Waals surface area contributed by atoms with Crippen molar-refractivity contribution < 1.29 is 13.2 Å². The van der Waals surface area contributed by atoms with Crippen molar-refractivity contribution in [3.05, 3.63) is 76.7 Å². The molecule has 2 aromatic carbocycles. The SMILES string of the molecule is O=CC(/C=C/S(=O)(=O)c1ccccc1)c1ccc(Cl)cc1. The third-order valence-corrected chi connectivity index (χ3v) is 4.63. The lowest BCUT2D eigenvalue weighted by Crippen LogP contribution is -2.00. The molecule has 0 saturated heterocycles. The molecule has 0 saturated carbocycles. The van der Waals surface area contributed by atoms with E-state index in [0.29, 0.717) is 16.9 Å². The first-order valence-electron chi connectivity index (χ1n) is 6.22. The Labute approximate surface area is 128 Å². The molecule has 3 nitrogen and oxygen atoms in total. The second kappa shape index (κ2) is 6.70. The lowest BCUT2D eigenvalue weighted by atomic mass is 10.0. The quantitative estimate of drug-likeness (QED) is 0.791. The Bertz CT molecular complexity index is 735. The van der Waals surface area contributed by atoms with E-state index in [1.54, 1.807) is 42.5 Å². The molecule has 1 atom stereocenters. The van der Waals surface area contributed by atoms with Crippen molar-refractivity contribution in [3.63, 3.8) is 0 Å². The van der Waals surface area contributed by atoms with Gasteiger partial charge in [0, 0.05) is 10.4 Å². The van der Waals surface area contributed by atoms with Gasteiger partial charge in [-0.05, 0) is 29.8 Å². The molecule has 2 aromatic rings. The molecule has 0 aliphatic rings. The molecule has 0 fully saturated rings. The third kappa shape index (κ3) is 4.03. The number of allylic oxidation sites excluding steroid dienone is 1. The predicted molar refractivity (Wildman–Crippen MR) is 83.0 cm³/mol. The Hall–Kier alpha value is -1.91. The Morgan fingerprint density at radius 1 is 0.952 bits per heavy atom. The van der Waals surface area contributed by atoms with Crippen LogP contribution in [-0.2, 0) is 14.6 Å². The van der Waals surface area contributed by atoms with Gasteiger partial charge < -0.3 is 4.79 Å². The summed E-state index contributed by atoms with van der Waals surface area (Å²) in [6, 6.07) is 14.8. The lowest BCUT2D eigenvalue weighted by molar-refractivity contribution is -0.108. The highest BCUT2D eigenvalue weighted by Crippen LogP contribution is 2.20. The van der Waals surface area contributed by atoms with Crippen LogP contribution in [0.1, 0.15) is 11.5 Å². The Morgan fingerprint density at radius 3 is 2.14 bits per heavy atom. The molecule has 0 amide bonds. The maximum Gasteiger partial charge on any atom is 0.199 e. The van der Waals surface area contributed by atoms with E-state index in [4.69, 9.17) is 11.6 Å². The number of aldehydes is 1. The minimum absolute atomic E-state index is 0.196. The van der Waals surface area contributed by atoms with E-state index in [1.807, 2.05) is 0 Å². The number of carbonyl (C=O) groups excluding carboxylic acids is 1. The highest BCUT2D eigenvalue weighted by molar-refractivity contribution is 7.94. The average Bonchev–Trinajstić information content (AvgIpc) is 2.50. The van der Waals surface area contributed by atoms with Crippen molar-refractivity contribution in [3.8, 4) is 0 Å². The highest BCUT2D eigenvalue weighted by atomic mass is 35.5. The highest BCUT2D eigenvalue weighted by Gasteiger charge is 2.12. The summed E-state index contributed by atoms with van der Waals surface area (Å²) in [6.07, 6.45) is 2.07. The van der Waals surface area contributed by atoms with Crippen molar-refractivity contribution in [2.45, 2.75) is 10.8 Å². The van der Waals surface area contributed by atoms with Crippen molar-refractivity contribution in [2.75, 3.05) is 0 Å². The van der Waals surface area contributed by atoms with Gasteiger partial charge in [-0.15, -0.1) is 0 Å². The van der Waals surface area contributed by atoms with E-state index in [9.17, 15) is 13.2 Å². The largest absolute Gasteiger partial charge is 0.302 e. The second-order valence-electron chi connectivity index (χ2n) is 4.40. The van der Waals surface area contributed by atoms with E-state index in [1.165, 1.54) is 18.2 Å². The van der Waals surface area contributed by atoms with Gasteiger partial charge in [-0.1, -0.05) is 48.0 Å². The summed E-state index contributed by atoms with van der Waals surface area (Å²) in [5, 5.41) is 1.63. The van der Waals surface area contributed by atoms with Crippen molar-refractivity contribution in [1.29, 1.82) is 0 Å². The van der Waals surface area contributed by atoms with E-state index in [-0.39, 0.29) is 4.90 Å². The number of halogens is 1. The molecule has 108 valence electrons. The van der Waals surface area contributed by atoms with Gasteiger partial charge in [0.15, 0.2) is 9.84 Å². The van der Waals surface area contributed by atoms with Gasteiger partial charge in [0.05, 0.1) is 10.8 Å². The van der Waals surface area contributed by atoms with Gasteiger partial charge >= 0.3 is 0 Å². The van der Waals surface area contributed by atoms with Crippen LogP contribution in [-0.4, -0.2) is 14.7 Å². The smallest absolute Gasteiger partial charge is 0.199 e. The molecule has 21 heavy (non-hydrogen) atoms. The Kier molecular flexibility index (Phi) is 4.94. The van der Waals surface area contributed by atoms with Gasteiger partial charge in [0.2, 0.25) is 0 Å². The zero-order valence-corrected chi connectivity index (χ0v) is 12.6. The number of benzene rings is 2. The summed E-state index contributed by atoms with van der Waals surface area (Å²) in [5.41, 5.74) is 0.689. The van der Waals surface area contributed by atoms with Crippen LogP contribution in [0.15, 0.2) is 71.0 Å². The molecule has 0 aromatic heterocycles. The van der Waals surface area contributed by atoms with Crippen LogP contribution in [0.4, 0.5) is 0 Å². The van der Waals surface area contributed by atoms with Gasteiger partial charge in [0.1, 0.15) is 6.29 Å². The summed E-state index contributed by atoms with van der Waals surface area (Å²) >= 11 is 5.79. The summed E-state index contributed by atoms with van der Waals surface area (Å²) in [7, 11) is -3.55. The number of sulfone groups is 1. The zero-order valence-electron chi connectivity index (χ0n) is 11.0. The van der Waals surface area contributed by atoms with Crippen molar-refractivity contribution in [2.24, 2.45) is 0 Å².